The van der Waals surface area contributed by atoms with Crippen molar-refractivity contribution in [3.05, 3.63) is 27.8 Å². The van der Waals surface area contributed by atoms with Crippen LogP contribution in [0.3, 0.4) is 0 Å². The van der Waals surface area contributed by atoms with Crippen LogP contribution in [0.25, 0.3) is 4.98 Å². The number of fused-ring (bicyclic) bond motifs is 1. The van der Waals surface area contributed by atoms with Crippen molar-refractivity contribution in [2.75, 3.05) is 5.75 Å². The third-order valence-corrected chi connectivity index (χ3v) is 5.28. The minimum atomic E-state index is -3.63. The second-order valence-electron chi connectivity index (χ2n) is 6.05. The Hall–Kier alpha value is -1.88. The van der Waals surface area contributed by atoms with Crippen LogP contribution < -0.4 is 0 Å². The summed E-state index contributed by atoms with van der Waals surface area (Å²) in [4.78, 5) is 16.3. The lowest BCUT2D eigenvalue weighted by atomic mass is 9.86. The first-order valence-electron chi connectivity index (χ1n) is 6.06. The Kier molecular flexibility index (Phi) is 2.95. The van der Waals surface area contributed by atoms with Gasteiger partial charge >= 0.3 is 5.70 Å². The molecule has 0 radical (unpaired) electrons. The van der Waals surface area contributed by atoms with Crippen molar-refractivity contribution in [3.8, 4) is 0 Å². The zero-order valence-corrected chi connectivity index (χ0v) is 12.5. The fourth-order valence-electron chi connectivity index (χ4n) is 2.36. The van der Waals surface area contributed by atoms with E-state index in [4.69, 9.17) is 5.39 Å². The van der Waals surface area contributed by atoms with Gasteiger partial charge in [0.1, 0.15) is 0 Å². The van der Waals surface area contributed by atoms with Crippen molar-refractivity contribution in [3.63, 3.8) is 0 Å². The summed E-state index contributed by atoms with van der Waals surface area (Å²) in [6.07, 6.45) is 0. The SMILES string of the molecule is CC1=C(C(=O)C(C)(C)C)N2C(O)=C([N+]#N)C2S(=O)(=O)C1. The summed E-state index contributed by atoms with van der Waals surface area (Å²) in [6, 6.07) is 0. The van der Waals surface area contributed by atoms with Crippen LogP contribution in [0.15, 0.2) is 22.9 Å². The molecule has 108 valence electrons. The number of rotatable bonds is 1. The summed E-state index contributed by atoms with van der Waals surface area (Å²) in [7, 11) is -3.63. The molecule has 0 aromatic carbocycles. The van der Waals surface area contributed by atoms with Gasteiger partial charge in [0.15, 0.2) is 20.6 Å². The first-order valence-corrected chi connectivity index (χ1v) is 7.77. The van der Waals surface area contributed by atoms with E-state index in [1.807, 2.05) is 0 Å². The van der Waals surface area contributed by atoms with Gasteiger partial charge in [-0.25, -0.2) is 8.42 Å². The number of sulfone groups is 1. The molecule has 2 aliphatic rings. The molecule has 0 aliphatic carbocycles. The van der Waals surface area contributed by atoms with E-state index in [2.05, 4.69) is 4.98 Å². The Bertz CT molecular complexity index is 704. The minimum absolute atomic E-state index is 0.169. The number of allylic oxidation sites excluding steroid dienone is 1. The number of aliphatic hydroxyl groups is 1. The monoisotopic (exact) mass is 298 g/mol. The van der Waals surface area contributed by atoms with Crippen LogP contribution in [-0.4, -0.2) is 35.3 Å². The average molecular weight is 298 g/mol. The highest BCUT2D eigenvalue weighted by Crippen LogP contribution is 2.44. The first-order chi connectivity index (χ1) is 9.02. The minimum Gasteiger partial charge on any atom is -0.489 e. The number of carbonyl (C=O) groups excluding carboxylic acids is 1. The molecule has 0 spiro atoms. The van der Waals surface area contributed by atoms with Crippen molar-refractivity contribution in [2.45, 2.75) is 33.1 Å². The maximum atomic E-state index is 12.5. The fraction of sp³-hybridized carbons (Fsp3) is 0.583. The summed E-state index contributed by atoms with van der Waals surface area (Å²) in [5.74, 6) is -1.05. The molecule has 7 nitrogen and oxygen atoms in total. The third-order valence-electron chi connectivity index (χ3n) is 3.33. The molecule has 2 aliphatic heterocycles. The van der Waals surface area contributed by atoms with E-state index >= 15 is 0 Å². The van der Waals surface area contributed by atoms with Crippen LogP contribution >= 0.6 is 0 Å². The molecule has 0 aromatic rings. The van der Waals surface area contributed by atoms with Gasteiger partial charge in [0.25, 0.3) is 11.3 Å². The maximum absolute atomic E-state index is 12.5. The van der Waals surface area contributed by atoms with Crippen molar-refractivity contribution < 1.29 is 18.3 Å². The van der Waals surface area contributed by atoms with E-state index in [1.165, 1.54) is 0 Å². The second kappa shape index (κ2) is 4.06. The average Bonchev–Trinajstić information content (AvgIpc) is 2.28. The number of hydrogen-bond donors (Lipinski definition) is 1. The topological polar surface area (TPSA) is 103 Å². The van der Waals surface area contributed by atoms with Crippen LogP contribution in [0.2, 0.25) is 0 Å². The molecular weight excluding hydrogens is 282 g/mol. The van der Waals surface area contributed by atoms with Gasteiger partial charge in [-0.1, -0.05) is 20.8 Å². The summed E-state index contributed by atoms with van der Waals surface area (Å²) in [6.45, 7) is 6.69. The lowest BCUT2D eigenvalue weighted by Gasteiger charge is -2.40. The fourth-order valence-corrected chi connectivity index (χ4v) is 4.28. The molecular formula is C12H16N3O4S+. The second-order valence-corrected chi connectivity index (χ2v) is 8.11. The van der Waals surface area contributed by atoms with Crippen LogP contribution in [0.1, 0.15) is 27.7 Å². The lowest BCUT2D eigenvalue weighted by molar-refractivity contribution is -0.124. The number of ketones is 1. The van der Waals surface area contributed by atoms with Gasteiger partial charge in [-0.05, 0) is 12.5 Å². The summed E-state index contributed by atoms with van der Waals surface area (Å²) in [5, 5.41) is 17.4. The van der Waals surface area contributed by atoms with Crippen molar-refractivity contribution in [1.29, 1.82) is 5.39 Å². The normalized spacial score (nSPS) is 24.9. The van der Waals surface area contributed by atoms with Crippen LogP contribution in [0.4, 0.5) is 0 Å². The van der Waals surface area contributed by atoms with Crippen LogP contribution in [0.5, 0.6) is 0 Å². The molecule has 0 fully saturated rings. The van der Waals surface area contributed by atoms with E-state index < -0.39 is 26.5 Å². The van der Waals surface area contributed by atoms with Crippen molar-refractivity contribution in [2.24, 2.45) is 5.41 Å². The number of diazo groups is 1. The molecule has 2 heterocycles. The quantitative estimate of drug-likeness (QED) is 0.736. The van der Waals surface area contributed by atoms with Gasteiger partial charge in [-0.2, -0.15) is 0 Å². The van der Waals surface area contributed by atoms with Gasteiger partial charge in [-0.15, -0.1) is 0 Å². The van der Waals surface area contributed by atoms with Gasteiger partial charge < -0.3 is 5.11 Å². The molecule has 1 atom stereocenters. The molecule has 0 bridgehead atoms. The van der Waals surface area contributed by atoms with Gasteiger partial charge in [0.2, 0.25) is 5.39 Å². The predicted octanol–water partition coefficient (Wildman–Crippen LogP) is 1.53. The Morgan fingerprint density at radius 2 is 2.00 bits per heavy atom. The Labute approximate surface area is 117 Å². The molecule has 0 aromatic heterocycles. The molecule has 20 heavy (non-hydrogen) atoms. The maximum Gasteiger partial charge on any atom is 0.458 e. The Morgan fingerprint density at radius 1 is 1.45 bits per heavy atom. The van der Waals surface area contributed by atoms with Gasteiger partial charge in [-0.3, -0.25) is 9.69 Å². The number of carbonyl (C=O) groups is 1. The molecule has 1 unspecified atom stereocenters. The van der Waals surface area contributed by atoms with Gasteiger partial charge in [0, 0.05) is 5.41 Å². The molecule has 0 saturated heterocycles. The molecule has 0 amide bonds. The van der Waals surface area contributed by atoms with Gasteiger partial charge in [0.05, 0.1) is 11.4 Å². The lowest BCUT2D eigenvalue weighted by Crippen LogP contribution is -2.55. The number of hydrogen-bond acceptors (Lipinski definition) is 6. The molecule has 1 N–H and O–H groups in total. The van der Waals surface area contributed by atoms with Crippen molar-refractivity contribution in [1.82, 2.24) is 4.90 Å². The Morgan fingerprint density at radius 3 is 2.45 bits per heavy atom. The van der Waals surface area contributed by atoms with Crippen LogP contribution in [-0.2, 0) is 14.6 Å². The third kappa shape index (κ3) is 1.81. The van der Waals surface area contributed by atoms with E-state index in [0.717, 1.165) is 4.90 Å². The molecule has 8 heteroatoms. The first kappa shape index (κ1) is 14.5. The highest BCUT2D eigenvalue weighted by Gasteiger charge is 2.61. The van der Waals surface area contributed by atoms with E-state index in [9.17, 15) is 18.3 Å². The van der Waals surface area contributed by atoms with Crippen LogP contribution in [0, 0.1) is 10.8 Å². The van der Waals surface area contributed by atoms with E-state index in [0.29, 0.717) is 5.57 Å². The molecule has 0 saturated carbocycles. The van der Waals surface area contributed by atoms with E-state index in [-0.39, 0.29) is 22.9 Å². The summed E-state index contributed by atoms with van der Waals surface area (Å²) < 4.78 is 24.2. The number of Topliss-reactive ketones (excluding diaryl/α,β-unsaturated/α-hetero) is 1. The highest BCUT2D eigenvalue weighted by atomic mass is 32.2. The number of nitrogens with zero attached hydrogens (tertiary/aromatic N) is 3. The zero-order chi connectivity index (χ0) is 15.5. The summed E-state index contributed by atoms with van der Waals surface area (Å²) >= 11 is 0. The Balaban J connectivity index is 2.64. The largest absolute Gasteiger partial charge is 0.489 e. The standard InChI is InChI=1S/C12H15N3O4S/c1-6-5-20(18,19)11-7(14-13)10(17)15(11)8(6)9(16)12(2,3)4/h11H,5H2,1-4H3/p+1. The van der Waals surface area contributed by atoms with Crippen molar-refractivity contribution >= 4 is 15.6 Å². The molecule has 2 rings (SSSR count). The highest BCUT2D eigenvalue weighted by molar-refractivity contribution is 7.92. The number of aliphatic hydroxyl groups excluding tert-OH is 1. The zero-order valence-electron chi connectivity index (χ0n) is 11.7. The summed E-state index contributed by atoms with van der Waals surface area (Å²) in [5.41, 5.74) is -0.488. The predicted molar refractivity (Wildman–Crippen MR) is 71.3 cm³/mol. The smallest absolute Gasteiger partial charge is 0.458 e. The van der Waals surface area contributed by atoms with E-state index in [1.54, 1.807) is 27.7 Å².